The summed E-state index contributed by atoms with van der Waals surface area (Å²) in [6, 6.07) is 11.2. The van der Waals surface area contributed by atoms with Crippen molar-refractivity contribution in [2.75, 3.05) is 13.7 Å². The summed E-state index contributed by atoms with van der Waals surface area (Å²) >= 11 is 0. The Balaban J connectivity index is 1.43. The summed E-state index contributed by atoms with van der Waals surface area (Å²) in [5.41, 5.74) is 1.26. The summed E-state index contributed by atoms with van der Waals surface area (Å²) in [5, 5.41) is 22.4. The molecule has 2 aromatic rings. The molecule has 0 spiro atoms. The predicted molar refractivity (Wildman–Crippen MR) is 95.0 cm³/mol. The second-order valence-electron chi connectivity index (χ2n) is 7.69. The number of hydrogen-bond acceptors (Lipinski definition) is 5. The van der Waals surface area contributed by atoms with E-state index in [1.54, 1.807) is 0 Å². The number of likely N-dealkylation sites (N-methyl/N-ethyl adjacent to an activating group) is 1. The van der Waals surface area contributed by atoms with E-state index in [2.05, 4.69) is 57.8 Å². The summed E-state index contributed by atoms with van der Waals surface area (Å²) in [4.78, 5) is 2.28. The molecule has 0 atom stereocenters. The first kappa shape index (κ1) is 16.7. The monoisotopic (exact) mass is 341 g/mol. The molecule has 6 nitrogen and oxygen atoms in total. The van der Waals surface area contributed by atoms with Crippen LogP contribution in [0.15, 0.2) is 30.3 Å². The molecule has 0 bridgehead atoms. The Kier molecular flexibility index (Phi) is 4.56. The van der Waals surface area contributed by atoms with Crippen LogP contribution in [0.3, 0.4) is 0 Å². The summed E-state index contributed by atoms with van der Waals surface area (Å²) < 4.78 is 1.97. The highest BCUT2D eigenvalue weighted by Crippen LogP contribution is 2.41. The molecule has 134 valence electrons. The lowest BCUT2D eigenvalue weighted by atomic mass is 9.73. The van der Waals surface area contributed by atoms with Crippen molar-refractivity contribution in [3.63, 3.8) is 0 Å². The van der Waals surface area contributed by atoms with Gasteiger partial charge in [-0.2, -0.15) is 0 Å². The number of nitrogens with zero attached hydrogens (tertiary/aromatic N) is 5. The number of aromatic nitrogens is 4. The van der Waals surface area contributed by atoms with Gasteiger partial charge in [0.2, 0.25) is 0 Å². The Labute approximate surface area is 148 Å². The SMILES string of the molecule is CN(Cc1nnnn1C1CC1)C1(CO)CCC(c2ccccc2)CC1. The smallest absolute Gasteiger partial charge is 0.165 e. The topological polar surface area (TPSA) is 67.1 Å². The molecule has 6 heteroatoms. The Morgan fingerprint density at radius 1 is 1.16 bits per heavy atom. The predicted octanol–water partition coefficient (Wildman–Crippen LogP) is 2.53. The standard InChI is InChI=1S/C19H27N5O/c1-23(13-18-20-21-22-24(18)17-7-8-17)19(14-25)11-9-16(10-12-19)15-5-3-2-4-6-15/h2-6,16-17,25H,7-14H2,1H3. The molecule has 1 aromatic heterocycles. The zero-order chi connectivity index (χ0) is 17.3. The van der Waals surface area contributed by atoms with Crippen LogP contribution in [0.5, 0.6) is 0 Å². The number of hydrogen-bond donors (Lipinski definition) is 1. The molecule has 1 aromatic carbocycles. The highest BCUT2D eigenvalue weighted by atomic mass is 16.3. The Bertz CT molecular complexity index is 689. The zero-order valence-electron chi connectivity index (χ0n) is 14.9. The van der Waals surface area contributed by atoms with E-state index in [9.17, 15) is 5.11 Å². The van der Waals surface area contributed by atoms with Gasteiger partial charge in [0, 0.05) is 5.54 Å². The van der Waals surface area contributed by atoms with Gasteiger partial charge in [-0.15, -0.1) is 5.10 Å². The van der Waals surface area contributed by atoms with Crippen LogP contribution in [0.1, 0.15) is 61.9 Å². The van der Waals surface area contributed by atoms with Crippen molar-refractivity contribution in [1.29, 1.82) is 0 Å². The average molecular weight is 341 g/mol. The second-order valence-corrected chi connectivity index (χ2v) is 7.69. The third kappa shape index (κ3) is 3.33. The van der Waals surface area contributed by atoms with E-state index in [0.717, 1.165) is 31.5 Å². The maximum Gasteiger partial charge on any atom is 0.165 e. The van der Waals surface area contributed by atoms with E-state index < -0.39 is 0 Å². The zero-order valence-corrected chi connectivity index (χ0v) is 14.9. The number of benzene rings is 1. The molecule has 0 saturated heterocycles. The maximum atomic E-state index is 10.2. The van der Waals surface area contributed by atoms with Crippen LogP contribution in [0.25, 0.3) is 0 Å². The van der Waals surface area contributed by atoms with Crippen molar-refractivity contribution in [3.05, 3.63) is 41.7 Å². The number of aliphatic hydroxyl groups is 1. The highest BCUT2D eigenvalue weighted by Gasteiger charge is 2.39. The minimum Gasteiger partial charge on any atom is -0.394 e. The third-order valence-electron chi connectivity index (χ3n) is 6.12. The molecule has 2 aliphatic rings. The van der Waals surface area contributed by atoms with Gasteiger partial charge >= 0.3 is 0 Å². The van der Waals surface area contributed by atoms with Gasteiger partial charge in [-0.25, -0.2) is 4.68 Å². The van der Waals surface area contributed by atoms with Gasteiger partial charge in [0.1, 0.15) is 0 Å². The molecule has 1 heterocycles. The van der Waals surface area contributed by atoms with E-state index in [0.29, 0.717) is 18.5 Å². The first-order valence-corrected chi connectivity index (χ1v) is 9.36. The lowest BCUT2D eigenvalue weighted by Gasteiger charge is -2.45. The first-order valence-electron chi connectivity index (χ1n) is 9.36. The second kappa shape index (κ2) is 6.84. The largest absolute Gasteiger partial charge is 0.394 e. The van der Waals surface area contributed by atoms with Gasteiger partial charge in [-0.3, -0.25) is 4.90 Å². The molecule has 2 aliphatic carbocycles. The molecule has 2 saturated carbocycles. The molecular weight excluding hydrogens is 314 g/mol. The minimum absolute atomic E-state index is 0.161. The van der Waals surface area contributed by atoms with Crippen LogP contribution in [0.2, 0.25) is 0 Å². The lowest BCUT2D eigenvalue weighted by molar-refractivity contribution is 0.00678. The normalized spacial score (nSPS) is 26.9. The van der Waals surface area contributed by atoms with Crippen LogP contribution < -0.4 is 0 Å². The summed E-state index contributed by atoms with van der Waals surface area (Å²) in [7, 11) is 2.10. The van der Waals surface area contributed by atoms with Crippen LogP contribution in [0, 0.1) is 0 Å². The minimum atomic E-state index is -0.161. The fourth-order valence-corrected chi connectivity index (χ4v) is 4.17. The van der Waals surface area contributed by atoms with Crippen molar-refractivity contribution < 1.29 is 5.11 Å². The molecule has 0 aliphatic heterocycles. The van der Waals surface area contributed by atoms with Gasteiger partial charge in [0.05, 0.1) is 19.2 Å². The van der Waals surface area contributed by atoms with Gasteiger partial charge < -0.3 is 5.11 Å². The van der Waals surface area contributed by atoms with E-state index in [4.69, 9.17) is 0 Å². The Morgan fingerprint density at radius 2 is 1.88 bits per heavy atom. The molecule has 0 radical (unpaired) electrons. The van der Waals surface area contributed by atoms with E-state index >= 15 is 0 Å². The van der Waals surface area contributed by atoms with Crippen LogP contribution in [-0.4, -0.2) is 49.4 Å². The van der Waals surface area contributed by atoms with Crippen molar-refractivity contribution >= 4 is 0 Å². The van der Waals surface area contributed by atoms with Crippen molar-refractivity contribution in [1.82, 2.24) is 25.1 Å². The fourth-order valence-electron chi connectivity index (χ4n) is 4.17. The van der Waals surface area contributed by atoms with E-state index in [1.165, 1.54) is 18.4 Å². The van der Waals surface area contributed by atoms with Crippen molar-refractivity contribution in [2.45, 2.75) is 62.6 Å². The Morgan fingerprint density at radius 3 is 2.52 bits per heavy atom. The quantitative estimate of drug-likeness (QED) is 0.874. The number of aliphatic hydroxyl groups excluding tert-OH is 1. The van der Waals surface area contributed by atoms with Crippen LogP contribution in [0.4, 0.5) is 0 Å². The maximum absolute atomic E-state index is 10.2. The fraction of sp³-hybridized carbons (Fsp3) is 0.632. The van der Waals surface area contributed by atoms with Crippen LogP contribution >= 0.6 is 0 Å². The summed E-state index contributed by atoms with van der Waals surface area (Å²) in [5.74, 6) is 1.52. The molecular formula is C19H27N5O. The van der Waals surface area contributed by atoms with Gasteiger partial charge in [-0.05, 0) is 67.5 Å². The van der Waals surface area contributed by atoms with Gasteiger partial charge in [0.15, 0.2) is 5.82 Å². The lowest BCUT2D eigenvalue weighted by Crippen LogP contribution is -2.51. The van der Waals surface area contributed by atoms with E-state index in [-0.39, 0.29) is 12.1 Å². The third-order valence-corrected chi connectivity index (χ3v) is 6.12. The summed E-state index contributed by atoms with van der Waals surface area (Å²) in [6.45, 7) is 0.885. The Hall–Kier alpha value is -1.79. The number of rotatable bonds is 6. The molecule has 0 amide bonds. The van der Waals surface area contributed by atoms with Crippen LogP contribution in [-0.2, 0) is 6.54 Å². The molecule has 1 N–H and O–H groups in total. The average Bonchev–Trinajstić information content (AvgIpc) is 3.41. The van der Waals surface area contributed by atoms with Crippen molar-refractivity contribution in [2.24, 2.45) is 0 Å². The summed E-state index contributed by atoms with van der Waals surface area (Å²) in [6.07, 6.45) is 6.58. The molecule has 0 unspecified atom stereocenters. The van der Waals surface area contributed by atoms with Gasteiger partial charge in [0.25, 0.3) is 0 Å². The highest BCUT2D eigenvalue weighted by molar-refractivity contribution is 5.20. The van der Waals surface area contributed by atoms with Crippen molar-refractivity contribution in [3.8, 4) is 0 Å². The first-order chi connectivity index (χ1) is 12.2. The molecule has 4 rings (SSSR count). The number of tetrazole rings is 1. The molecule has 2 fully saturated rings. The van der Waals surface area contributed by atoms with E-state index in [1.807, 2.05) is 4.68 Å². The van der Waals surface area contributed by atoms with Gasteiger partial charge in [-0.1, -0.05) is 30.3 Å². The molecule has 25 heavy (non-hydrogen) atoms.